The lowest BCUT2D eigenvalue weighted by atomic mass is 10.0. The summed E-state index contributed by atoms with van der Waals surface area (Å²) in [5.41, 5.74) is 6.91. The van der Waals surface area contributed by atoms with Gasteiger partial charge in [0.25, 0.3) is 0 Å². The highest BCUT2D eigenvalue weighted by atomic mass is 16.4. The summed E-state index contributed by atoms with van der Waals surface area (Å²) in [6, 6.07) is 10.2. The Bertz CT molecular complexity index is 1040. The van der Waals surface area contributed by atoms with Crippen molar-refractivity contribution in [3.05, 3.63) is 58.9 Å². The zero-order valence-electron chi connectivity index (χ0n) is 16.5. The van der Waals surface area contributed by atoms with Crippen LogP contribution in [0, 0.1) is 20.8 Å². The minimum Gasteiger partial charge on any atom is -0.481 e. The Kier molecular flexibility index (Phi) is 5.78. The summed E-state index contributed by atoms with van der Waals surface area (Å²) in [4.78, 5) is 27.9. The third-order valence-corrected chi connectivity index (χ3v) is 4.88. The molecule has 2 aromatic heterocycles. The van der Waals surface area contributed by atoms with E-state index in [-0.39, 0.29) is 18.7 Å². The summed E-state index contributed by atoms with van der Waals surface area (Å²) in [6.07, 6.45) is 2.58. The SMILES string of the molecule is Cc1ccn2c(CC(=O)NCCCC(=O)O)c(-c3ccc(C)c(C)c3)nc2c1. The number of nitrogens with one attached hydrogen (secondary N) is 1. The Morgan fingerprint density at radius 1 is 1.11 bits per heavy atom. The van der Waals surface area contributed by atoms with Crippen LogP contribution in [0.2, 0.25) is 0 Å². The van der Waals surface area contributed by atoms with Gasteiger partial charge in [-0.25, -0.2) is 4.98 Å². The number of amides is 1. The molecule has 3 aromatic rings. The maximum atomic E-state index is 12.5. The van der Waals surface area contributed by atoms with Gasteiger partial charge < -0.3 is 14.8 Å². The Morgan fingerprint density at radius 2 is 1.89 bits per heavy atom. The van der Waals surface area contributed by atoms with Gasteiger partial charge >= 0.3 is 5.97 Å². The molecule has 0 spiro atoms. The predicted octanol–water partition coefficient (Wildman–Crippen LogP) is 3.45. The topological polar surface area (TPSA) is 83.7 Å². The fourth-order valence-corrected chi connectivity index (χ4v) is 3.17. The number of carbonyl (C=O) groups is 2. The zero-order chi connectivity index (χ0) is 20.3. The standard InChI is InChI=1S/C22H25N3O3/c1-14-8-10-25-18(13-20(26)23-9-4-5-21(27)28)22(24-19(25)11-14)17-7-6-15(2)16(3)12-17/h6-8,10-12H,4-5,9,13H2,1-3H3,(H,23,26)(H,27,28). The van der Waals surface area contributed by atoms with E-state index in [9.17, 15) is 9.59 Å². The van der Waals surface area contributed by atoms with Crippen molar-refractivity contribution in [1.29, 1.82) is 0 Å². The number of aliphatic carboxylic acids is 1. The van der Waals surface area contributed by atoms with Crippen LogP contribution < -0.4 is 5.32 Å². The van der Waals surface area contributed by atoms with Crippen LogP contribution in [0.3, 0.4) is 0 Å². The molecule has 0 fully saturated rings. The molecule has 0 saturated carbocycles. The lowest BCUT2D eigenvalue weighted by Gasteiger charge is -2.08. The van der Waals surface area contributed by atoms with Crippen LogP contribution in [-0.4, -0.2) is 32.9 Å². The van der Waals surface area contributed by atoms with E-state index in [4.69, 9.17) is 10.1 Å². The Balaban J connectivity index is 1.91. The molecule has 0 bridgehead atoms. The number of pyridine rings is 1. The third-order valence-electron chi connectivity index (χ3n) is 4.88. The second kappa shape index (κ2) is 8.25. The van der Waals surface area contributed by atoms with Crippen LogP contribution in [0.1, 0.15) is 35.2 Å². The summed E-state index contributed by atoms with van der Waals surface area (Å²) in [7, 11) is 0. The number of carbonyl (C=O) groups excluding carboxylic acids is 1. The summed E-state index contributed by atoms with van der Waals surface area (Å²) in [5.74, 6) is -0.999. The first-order valence-electron chi connectivity index (χ1n) is 9.39. The molecule has 28 heavy (non-hydrogen) atoms. The van der Waals surface area contributed by atoms with Crippen molar-refractivity contribution in [2.45, 2.75) is 40.0 Å². The molecule has 2 heterocycles. The first kappa shape index (κ1) is 19.6. The van der Waals surface area contributed by atoms with Gasteiger partial charge in [0.2, 0.25) is 5.91 Å². The summed E-state index contributed by atoms with van der Waals surface area (Å²) in [5, 5.41) is 11.5. The lowest BCUT2D eigenvalue weighted by molar-refractivity contribution is -0.137. The number of imidazole rings is 1. The quantitative estimate of drug-likeness (QED) is 0.616. The van der Waals surface area contributed by atoms with Gasteiger partial charge in [-0.15, -0.1) is 0 Å². The summed E-state index contributed by atoms with van der Waals surface area (Å²) >= 11 is 0. The molecule has 6 nitrogen and oxygen atoms in total. The number of rotatable bonds is 7. The van der Waals surface area contributed by atoms with Crippen LogP contribution >= 0.6 is 0 Å². The molecular weight excluding hydrogens is 354 g/mol. The van der Waals surface area contributed by atoms with E-state index in [1.165, 1.54) is 11.1 Å². The van der Waals surface area contributed by atoms with Gasteiger partial charge in [-0.1, -0.05) is 12.1 Å². The summed E-state index contributed by atoms with van der Waals surface area (Å²) < 4.78 is 1.95. The highest BCUT2D eigenvalue weighted by molar-refractivity contribution is 5.81. The van der Waals surface area contributed by atoms with Crippen LogP contribution in [0.4, 0.5) is 0 Å². The second-order valence-corrected chi connectivity index (χ2v) is 7.16. The van der Waals surface area contributed by atoms with Crippen molar-refractivity contribution in [3.63, 3.8) is 0 Å². The van der Waals surface area contributed by atoms with Gasteiger partial charge in [0.15, 0.2) is 0 Å². The van der Waals surface area contributed by atoms with Crippen LogP contribution in [0.15, 0.2) is 36.5 Å². The van der Waals surface area contributed by atoms with Crippen molar-refractivity contribution in [1.82, 2.24) is 14.7 Å². The van der Waals surface area contributed by atoms with E-state index in [2.05, 4.69) is 31.3 Å². The van der Waals surface area contributed by atoms with Gasteiger partial charge in [0.1, 0.15) is 5.65 Å². The monoisotopic (exact) mass is 379 g/mol. The van der Waals surface area contributed by atoms with Gasteiger partial charge in [-0.3, -0.25) is 9.59 Å². The van der Waals surface area contributed by atoms with Crippen molar-refractivity contribution in [3.8, 4) is 11.3 Å². The molecule has 1 amide bonds. The highest BCUT2D eigenvalue weighted by Crippen LogP contribution is 2.27. The Morgan fingerprint density at radius 3 is 2.61 bits per heavy atom. The van der Waals surface area contributed by atoms with E-state index < -0.39 is 5.97 Å². The molecule has 0 atom stereocenters. The van der Waals surface area contributed by atoms with E-state index >= 15 is 0 Å². The average molecular weight is 379 g/mol. The molecule has 146 valence electrons. The molecule has 3 rings (SSSR count). The van der Waals surface area contributed by atoms with Crippen molar-refractivity contribution >= 4 is 17.5 Å². The number of hydrogen-bond acceptors (Lipinski definition) is 3. The molecule has 0 aliphatic heterocycles. The van der Waals surface area contributed by atoms with Crippen LogP contribution in [-0.2, 0) is 16.0 Å². The molecule has 0 unspecified atom stereocenters. The number of carboxylic acid groups (broad SMARTS) is 1. The maximum Gasteiger partial charge on any atom is 0.303 e. The fraction of sp³-hybridized carbons (Fsp3) is 0.318. The first-order valence-corrected chi connectivity index (χ1v) is 9.39. The number of nitrogens with zero attached hydrogens (tertiary/aromatic N) is 2. The average Bonchev–Trinajstić information content (AvgIpc) is 2.98. The molecule has 2 N–H and O–H groups in total. The Labute approximate surface area is 164 Å². The number of hydrogen-bond donors (Lipinski definition) is 2. The predicted molar refractivity (Wildman–Crippen MR) is 108 cm³/mol. The minimum atomic E-state index is -0.858. The van der Waals surface area contributed by atoms with Crippen LogP contribution in [0.5, 0.6) is 0 Å². The van der Waals surface area contributed by atoms with E-state index in [0.29, 0.717) is 13.0 Å². The minimum absolute atomic E-state index is 0.0447. The number of fused-ring (bicyclic) bond motifs is 1. The molecule has 0 aliphatic rings. The largest absolute Gasteiger partial charge is 0.481 e. The zero-order valence-corrected chi connectivity index (χ0v) is 16.5. The van der Waals surface area contributed by atoms with Gasteiger partial charge in [-0.05, 0) is 62.1 Å². The first-order chi connectivity index (χ1) is 13.3. The van der Waals surface area contributed by atoms with Gasteiger partial charge in [0.05, 0.1) is 17.8 Å². The van der Waals surface area contributed by atoms with E-state index in [0.717, 1.165) is 28.2 Å². The van der Waals surface area contributed by atoms with Crippen molar-refractivity contribution < 1.29 is 14.7 Å². The second-order valence-electron chi connectivity index (χ2n) is 7.16. The van der Waals surface area contributed by atoms with E-state index in [1.807, 2.05) is 35.7 Å². The van der Waals surface area contributed by atoms with Crippen molar-refractivity contribution in [2.24, 2.45) is 0 Å². The maximum absolute atomic E-state index is 12.5. The highest BCUT2D eigenvalue weighted by Gasteiger charge is 2.17. The molecular formula is C22H25N3O3. The number of aryl methyl sites for hydroxylation is 3. The smallest absolute Gasteiger partial charge is 0.303 e. The number of aromatic nitrogens is 2. The van der Waals surface area contributed by atoms with Crippen molar-refractivity contribution in [2.75, 3.05) is 6.54 Å². The molecule has 0 aliphatic carbocycles. The molecule has 0 saturated heterocycles. The molecule has 6 heteroatoms. The van der Waals surface area contributed by atoms with E-state index in [1.54, 1.807) is 0 Å². The number of carboxylic acids is 1. The van der Waals surface area contributed by atoms with Gasteiger partial charge in [0, 0.05) is 24.7 Å². The number of benzene rings is 1. The lowest BCUT2D eigenvalue weighted by Crippen LogP contribution is -2.27. The Hall–Kier alpha value is -3.15. The third kappa shape index (κ3) is 4.39. The normalized spacial score (nSPS) is 11.0. The van der Waals surface area contributed by atoms with Crippen LogP contribution in [0.25, 0.3) is 16.9 Å². The molecule has 0 radical (unpaired) electrons. The summed E-state index contributed by atoms with van der Waals surface area (Å²) in [6.45, 7) is 6.49. The van der Waals surface area contributed by atoms with Gasteiger partial charge in [-0.2, -0.15) is 0 Å². The fourth-order valence-electron chi connectivity index (χ4n) is 3.17. The molecule has 1 aromatic carbocycles.